The number of Topliss-reactive ketones (excluding diaryl/α,β-unsaturated/α-hetero) is 1. The maximum absolute atomic E-state index is 13.1. The normalized spacial score (nSPS) is 18.0. The van der Waals surface area contributed by atoms with Crippen molar-refractivity contribution in [3.63, 3.8) is 0 Å². The smallest absolute Gasteiger partial charge is 0.295 e. The summed E-state index contributed by atoms with van der Waals surface area (Å²) in [5, 5.41) is 11.8. The minimum atomic E-state index is -0.771. The van der Waals surface area contributed by atoms with Crippen LogP contribution in [0, 0.1) is 0 Å². The van der Waals surface area contributed by atoms with E-state index >= 15 is 0 Å². The summed E-state index contributed by atoms with van der Waals surface area (Å²) in [4.78, 5) is 29.4. The summed E-state index contributed by atoms with van der Waals surface area (Å²) in [6.07, 6.45) is 0. The van der Waals surface area contributed by atoms with Crippen molar-refractivity contribution < 1.29 is 24.2 Å². The molecule has 0 saturated carbocycles. The summed E-state index contributed by atoms with van der Waals surface area (Å²) in [6, 6.07) is 11.1. The van der Waals surface area contributed by atoms with Crippen LogP contribution >= 0.6 is 11.6 Å². The number of benzene rings is 2. The molecule has 164 valence electrons. The lowest BCUT2D eigenvalue weighted by Gasteiger charge is -2.26. The molecule has 8 heteroatoms. The monoisotopic (exact) mass is 444 g/mol. The summed E-state index contributed by atoms with van der Waals surface area (Å²) in [5.74, 6) is -1.13. The Hall–Kier alpha value is -3.03. The first kappa shape index (κ1) is 22.7. The van der Waals surface area contributed by atoms with Crippen LogP contribution in [0.4, 0.5) is 0 Å². The number of rotatable bonds is 7. The Morgan fingerprint density at radius 3 is 2.16 bits per heavy atom. The Labute approximate surface area is 186 Å². The van der Waals surface area contributed by atoms with Crippen LogP contribution in [0.1, 0.15) is 17.2 Å². The Kier molecular flexibility index (Phi) is 6.87. The highest BCUT2D eigenvalue weighted by Gasteiger charge is 2.46. The molecule has 3 rings (SSSR count). The molecule has 1 heterocycles. The molecular weight excluding hydrogens is 420 g/mol. The van der Waals surface area contributed by atoms with Crippen molar-refractivity contribution in [1.29, 1.82) is 0 Å². The molecule has 1 fully saturated rings. The van der Waals surface area contributed by atoms with Gasteiger partial charge in [0.15, 0.2) is 0 Å². The molecule has 31 heavy (non-hydrogen) atoms. The number of ketones is 1. The Bertz CT molecular complexity index is 995. The van der Waals surface area contributed by atoms with E-state index in [9.17, 15) is 14.7 Å². The van der Waals surface area contributed by atoms with Gasteiger partial charge in [0.2, 0.25) is 0 Å². The minimum Gasteiger partial charge on any atom is -0.506 e. The second kappa shape index (κ2) is 9.41. The van der Waals surface area contributed by atoms with E-state index < -0.39 is 17.7 Å². The van der Waals surface area contributed by atoms with Gasteiger partial charge in [-0.3, -0.25) is 9.59 Å². The van der Waals surface area contributed by atoms with Gasteiger partial charge in [-0.25, -0.2) is 0 Å². The Morgan fingerprint density at radius 1 is 1.06 bits per heavy atom. The van der Waals surface area contributed by atoms with Crippen LogP contribution in [-0.4, -0.2) is 68.0 Å². The molecular formula is C23H25ClN2O5. The highest BCUT2D eigenvalue weighted by molar-refractivity contribution is 6.46. The van der Waals surface area contributed by atoms with Crippen LogP contribution in [0.15, 0.2) is 48.0 Å². The van der Waals surface area contributed by atoms with Gasteiger partial charge >= 0.3 is 0 Å². The molecule has 0 bridgehead atoms. The molecule has 7 nitrogen and oxygen atoms in total. The minimum absolute atomic E-state index is 0.0196. The largest absolute Gasteiger partial charge is 0.506 e. The molecule has 1 saturated heterocycles. The van der Waals surface area contributed by atoms with E-state index in [-0.39, 0.29) is 16.9 Å². The molecule has 1 unspecified atom stereocenters. The summed E-state index contributed by atoms with van der Waals surface area (Å²) >= 11 is 6.04. The highest BCUT2D eigenvalue weighted by atomic mass is 35.5. The quantitative estimate of drug-likeness (QED) is 0.401. The van der Waals surface area contributed by atoms with E-state index in [2.05, 4.69) is 0 Å². The van der Waals surface area contributed by atoms with E-state index in [0.717, 1.165) is 0 Å². The summed E-state index contributed by atoms with van der Waals surface area (Å²) in [7, 11) is 6.68. The molecule has 0 spiro atoms. The van der Waals surface area contributed by atoms with Crippen LogP contribution in [0.2, 0.25) is 5.02 Å². The second-order valence-corrected chi connectivity index (χ2v) is 7.82. The van der Waals surface area contributed by atoms with Crippen molar-refractivity contribution >= 4 is 29.1 Å². The third-order valence-corrected chi connectivity index (χ3v) is 5.43. The lowest BCUT2D eigenvalue weighted by atomic mass is 9.94. The fraction of sp³-hybridized carbons (Fsp3) is 0.304. The topological polar surface area (TPSA) is 79.3 Å². The number of methoxy groups -OCH3 is 2. The van der Waals surface area contributed by atoms with Crippen molar-refractivity contribution in [1.82, 2.24) is 9.80 Å². The zero-order valence-corrected chi connectivity index (χ0v) is 18.6. The van der Waals surface area contributed by atoms with Crippen LogP contribution in [0.3, 0.4) is 0 Å². The van der Waals surface area contributed by atoms with Crippen molar-refractivity contribution in [2.75, 3.05) is 41.4 Å². The molecule has 1 N–H and O–H groups in total. The van der Waals surface area contributed by atoms with Crippen molar-refractivity contribution in [2.45, 2.75) is 6.04 Å². The van der Waals surface area contributed by atoms with Gasteiger partial charge in [-0.2, -0.15) is 0 Å². The van der Waals surface area contributed by atoms with E-state index in [4.69, 9.17) is 21.1 Å². The van der Waals surface area contributed by atoms with Gasteiger partial charge in [0, 0.05) is 18.1 Å². The summed E-state index contributed by atoms with van der Waals surface area (Å²) in [5.41, 5.74) is 0.865. The number of carbonyl (C=O) groups excluding carboxylic acids is 2. The molecule has 0 aromatic heterocycles. The van der Waals surface area contributed by atoms with Crippen molar-refractivity contribution in [3.05, 3.63) is 64.2 Å². The number of likely N-dealkylation sites (tertiary alicyclic amines) is 1. The zero-order valence-electron chi connectivity index (χ0n) is 17.9. The number of hydrogen-bond donors (Lipinski definition) is 1. The Morgan fingerprint density at radius 2 is 1.65 bits per heavy atom. The maximum Gasteiger partial charge on any atom is 0.295 e. The number of aliphatic hydroxyl groups excluding tert-OH is 1. The van der Waals surface area contributed by atoms with E-state index in [1.54, 1.807) is 42.5 Å². The first-order valence-corrected chi connectivity index (χ1v) is 10.1. The van der Waals surface area contributed by atoms with Gasteiger partial charge in [0.1, 0.15) is 22.8 Å². The zero-order chi connectivity index (χ0) is 22.7. The van der Waals surface area contributed by atoms with Crippen LogP contribution in [0.5, 0.6) is 11.5 Å². The van der Waals surface area contributed by atoms with Crippen LogP contribution in [0.25, 0.3) is 5.76 Å². The highest BCUT2D eigenvalue weighted by Crippen LogP contribution is 2.43. The summed E-state index contributed by atoms with van der Waals surface area (Å²) < 4.78 is 10.8. The molecule has 1 aliphatic heterocycles. The standard InChI is InChI=1S/C23H25ClN2O5/c1-25(2)12-13-26-20(14-8-10-15(24)11-9-14)19(22(28)23(26)29)21(27)18-16(30-3)6-5-7-17(18)31-4/h5-11,20,27H,12-13H2,1-4H3/b21-19+. The molecule has 1 aliphatic rings. The van der Waals surface area contributed by atoms with Crippen molar-refractivity contribution in [3.8, 4) is 11.5 Å². The molecule has 1 atom stereocenters. The molecule has 0 radical (unpaired) electrons. The second-order valence-electron chi connectivity index (χ2n) is 7.38. The SMILES string of the molecule is COc1cccc(OC)c1/C(O)=C1\C(=O)C(=O)N(CCN(C)C)C1c1ccc(Cl)cc1. The third kappa shape index (κ3) is 4.38. The number of likely N-dealkylation sites (N-methyl/N-ethyl adjacent to an activating group) is 1. The van der Waals surface area contributed by atoms with E-state index in [1.165, 1.54) is 19.1 Å². The van der Waals surface area contributed by atoms with Crippen LogP contribution in [-0.2, 0) is 9.59 Å². The van der Waals surface area contributed by atoms with Gasteiger partial charge < -0.3 is 24.4 Å². The number of amides is 1. The van der Waals surface area contributed by atoms with Crippen molar-refractivity contribution in [2.24, 2.45) is 0 Å². The number of aliphatic hydroxyl groups is 1. The number of carbonyl (C=O) groups is 2. The molecule has 2 aromatic carbocycles. The van der Waals surface area contributed by atoms with Crippen LogP contribution < -0.4 is 9.47 Å². The lowest BCUT2D eigenvalue weighted by molar-refractivity contribution is -0.140. The van der Waals surface area contributed by atoms with Gasteiger partial charge in [-0.1, -0.05) is 29.8 Å². The van der Waals surface area contributed by atoms with Gasteiger partial charge in [-0.05, 0) is 43.9 Å². The molecule has 1 amide bonds. The van der Waals surface area contributed by atoms with Gasteiger partial charge in [-0.15, -0.1) is 0 Å². The maximum atomic E-state index is 13.1. The molecule has 0 aliphatic carbocycles. The fourth-order valence-corrected chi connectivity index (χ4v) is 3.76. The average molecular weight is 445 g/mol. The first-order valence-electron chi connectivity index (χ1n) is 9.70. The first-order chi connectivity index (χ1) is 14.8. The van der Waals surface area contributed by atoms with E-state index in [0.29, 0.717) is 35.2 Å². The predicted molar refractivity (Wildman–Crippen MR) is 119 cm³/mol. The van der Waals surface area contributed by atoms with Gasteiger partial charge in [0.05, 0.1) is 25.8 Å². The third-order valence-electron chi connectivity index (χ3n) is 5.18. The Balaban J connectivity index is 2.24. The lowest BCUT2D eigenvalue weighted by Crippen LogP contribution is -2.35. The number of nitrogens with zero attached hydrogens (tertiary/aromatic N) is 2. The number of halogens is 1. The summed E-state index contributed by atoms with van der Waals surface area (Å²) in [6.45, 7) is 0.861. The van der Waals surface area contributed by atoms with E-state index in [1.807, 2.05) is 19.0 Å². The predicted octanol–water partition coefficient (Wildman–Crippen LogP) is 3.34. The van der Waals surface area contributed by atoms with Gasteiger partial charge in [0.25, 0.3) is 11.7 Å². The average Bonchev–Trinajstić information content (AvgIpc) is 3.01. The number of ether oxygens (including phenoxy) is 2. The molecule has 2 aromatic rings. The number of hydrogen-bond acceptors (Lipinski definition) is 6. The fourth-order valence-electron chi connectivity index (χ4n) is 3.63.